The maximum Gasteiger partial charge on any atom is 0.159 e. The molecule has 2 aromatic carbocycles. The molecule has 0 N–H and O–H groups in total. The molecule has 2 aromatic rings. The molecule has 0 radical (unpaired) electrons. The quantitative estimate of drug-likeness (QED) is 0.715. The lowest BCUT2D eigenvalue weighted by Gasteiger charge is -2.11. The fourth-order valence-electron chi connectivity index (χ4n) is 1.71. The summed E-state index contributed by atoms with van der Waals surface area (Å²) >= 11 is 3.36. The summed E-state index contributed by atoms with van der Waals surface area (Å²) in [5.41, 5.74) is 1.11. The first-order valence-corrected chi connectivity index (χ1v) is 6.32. The molecule has 0 nitrogen and oxygen atoms in total. The van der Waals surface area contributed by atoms with E-state index in [9.17, 15) is 13.2 Å². The number of hydrogen-bond donors (Lipinski definition) is 0. The number of halogens is 4. The van der Waals surface area contributed by atoms with Crippen molar-refractivity contribution < 1.29 is 13.2 Å². The first kappa shape index (κ1) is 13.1. The molecule has 0 saturated carbocycles. The first-order valence-electron chi connectivity index (χ1n) is 5.40. The highest BCUT2D eigenvalue weighted by atomic mass is 79.9. The van der Waals surface area contributed by atoms with Crippen molar-refractivity contribution in [3.8, 4) is 0 Å². The normalized spacial score (nSPS) is 12.4. The number of rotatable bonds is 3. The second-order valence-corrected chi connectivity index (χ2v) is 5.05. The average Bonchev–Trinajstić information content (AvgIpc) is 2.34. The van der Waals surface area contributed by atoms with E-state index in [0.717, 1.165) is 12.1 Å². The van der Waals surface area contributed by atoms with Gasteiger partial charge in [-0.2, -0.15) is 0 Å². The van der Waals surface area contributed by atoms with Gasteiger partial charge in [-0.3, -0.25) is 0 Å². The third-order valence-corrected chi connectivity index (χ3v) is 3.46. The van der Waals surface area contributed by atoms with Crippen molar-refractivity contribution in [1.82, 2.24) is 0 Å². The molecule has 0 aliphatic carbocycles. The van der Waals surface area contributed by atoms with Crippen molar-refractivity contribution in [3.05, 3.63) is 71.0 Å². The summed E-state index contributed by atoms with van der Waals surface area (Å²) in [6.45, 7) is 0. The molecule has 0 aliphatic rings. The second-order valence-electron chi connectivity index (χ2n) is 3.94. The summed E-state index contributed by atoms with van der Waals surface area (Å²) in [7, 11) is 0. The van der Waals surface area contributed by atoms with E-state index in [1.165, 1.54) is 12.1 Å². The minimum Gasteiger partial charge on any atom is -0.207 e. The highest BCUT2D eigenvalue weighted by Crippen LogP contribution is 2.29. The van der Waals surface area contributed by atoms with Gasteiger partial charge in [0.05, 0.1) is 0 Å². The van der Waals surface area contributed by atoms with E-state index in [0.29, 0.717) is 17.5 Å². The third kappa shape index (κ3) is 2.93. The molecular formula is C14H10BrF3. The lowest BCUT2D eigenvalue weighted by Crippen LogP contribution is -1.99. The molecule has 0 aliphatic heterocycles. The van der Waals surface area contributed by atoms with E-state index in [2.05, 4.69) is 15.9 Å². The fourth-order valence-corrected chi connectivity index (χ4v) is 2.46. The molecular weight excluding hydrogens is 305 g/mol. The van der Waals surface area contributed by atoms with Crippen molar-refractivity contribution in [2.75, 3.05) is 0 Å². The Morgan fingerprint density at radius 3 is 2.28 bits per heavy atom. The van der Waals surface area contributed by atoms with Gasteiger partial charge in [-0.05, 0) is 30.2 Å². The van der Waals surface area contributed by atoms with Gasteiger partial charge in [0.1, 0.15) is 5.82 Å². The largest absolute Gasteiger partial charge is 0.207 e. The monoisotopic (exact) mass is 314 g/mol. The van der Waals surface area contributed by atoms with Crippen molar-refractivity contribution in [2.24, 2.45) is 0 Å². The van der Waals surface area contributed by atoms with Gasteiger partial charge in [0, 0.05) is 10.4 Å². The van der Waals surface area contributed by atoms with Crippen molar-refractivity contribution >= 4 is 15.9 Å². The predicted octanol–water partition coefficient (Wildman–Crippen LogP) is 4.78. The summed E-state index contributed by atoms with van der Waals surface area (Å²) in [4.78, 5) is -0.274. The minimum atomic E-state index is -0.888. The number of hydrogen-bond acceptors (Lipinski definition) is 0. The summed E-state index contributed by atoms with van der Waals surface area (Å²) < 4.78 is 39.3. The lowest BCUT2D eigenvalue weighted by atomic mass is 10.0. The molecule has 1 atom stereocenters. The highest BCUT2D eigenvalue weighted by molar-refractivity contribution is 9.09. The molecule has 2 rings (SSSR count). The van der Waals surface area contributed by atoms with Gasteiger partial charge in [0.15, 0.2) is 11.6 Å². The maximum absolute atomic E-state index is 13.5. The molecule has 0 fully saturated rings. The molecule has 4 heteroatoms. The van der Waals surface area contributed by atoms with Crippen LogP contribution in [0.2, 0.25) is 0 Å². The van der Waals surface area contributed by atoms with E-state index >= 15 is 0 Å². The Hall–Kier alpha value is -1.29. The van der Waals surface area contributed by atoms with Crippen molar-refractivity contribution in [2.45, 2.75) is 11.2 Å². The van der Waals surface area contributed by atoms with Crippen LogP contribution in [0.15, 0.2) is 42.5 Å². The summed E-state index contributed by atoms with van der Waals surface area (Å²) in [5.74, 6) is -2.08. The Labute approximate surface area is 112 Å². The Morgan fingerprint density at radius 1 is 0.889 bits per heavy atom. The standard InChI is InChI=1S/C14H10BrF3/c15-11(10-3-1-2-4-12(10)16)7-9-5-6-13(17)14(18)8-9/h1-6,8,11H,7H2. The van der Waals surface area contributed by atoms with Gasteiger partial charge in [-0.25, -0.2) is 13.2 Å². The van der Waals surface area contributed by atoms with Gasteiger partial charge < -0.3 is 0 Å². The lowest BCUT2D eigenvalue weighted by molar-refractivity contribution is 0.507. The Morgan fingerprint density at radius 2 is 1.61 bits per heavy atom. The summed E-state index contributed by atoms with van der Waals surface area (Å²) in [5, 5.41) is 0. The van der Waals surface area contributed by atoms with Gasteiger partial charge in [-0.1, -0.05) is 40.2 Å². The predicted molar refractivity (Wildman–Crippen MR) is 68.1 cm³/mol. The molecule has 0 bridgehead atoms. The average molecular weight is 315 g/mol. The van der Waals surface area contributed by atoms with Crippen LogP contribution in [-0.2, 0) is 6.42 Å². The molecule has 18 heavy (non-hydrogen) atoms. The van der Waals surface area contributed by atoms with Crippen LogP contribution in [0.1, 0.15) is 16.0 Å². The van der Waals surface area contributed by atoms with E-state index in [1.54, 1.807) is 18.2 Å². The van der Waals surface area contributed by atoms with E-state index in [1.807, 2.05) is 0 Å². The van der Waals surface area contributed by atoms with Crippen LogP contribution in [0.3, 0.4) is 0 Å². The molecule has 0 amide bonds. The first-order chi connectivity index (χ1) is 8.58. The van der Waals surface area contributed by atoms with Crippen LogP contribution in [0.4, 0.5) is 13.2 Å². The van der Waals surface area contributed by atoms with Crippen molar-refractivity contribution in [3.63, 3.8) is 0 Å². The third-order valence-electron chi connectivity index (χ3n) is 2.64. The van der Waals surface area contributed by atoms with E-state index in [-0.39, 0.29) is 10.6 Å². The van der Waals surface area contributed by atoms with Gasteiger partial charge in [0.25, 0.3) is 0 Å². The van der Waals surface area contributed by atoms with Crippen LogP contribution in [0, 0.1) is 17.5 Å². The smallest absolute Gasteiger partial charge is 0.159 e. The van der Waals surface area contributed by atoms with Crippen LogP contribution in [-0.4, -0.2) is 0 Å². The molecule has 0 aromatic heterocycles. The molecule has 1 unspecified atom stereocenters. The highest BCUT2D eigenvalue weighted by Gasteiger charge is 2.13. The second kappa shape index (κ2) is 5.57. The Bertz CT molecular complexity index is 554. The summed E-state index contributed by atoms with van der Waals surface area (Å²) in [6, 6.07) is 10.1. The molecule has 0 heterocycles. The fraction of sp³-hybridized carbons (Fsp3) is 0.143. The zero-order valence-electron chi connectivity index (χ0n) is 9.34. The SMILES string of the molecule is Fc1ccc(CC(Br)c2ccccc2F)cc1F. The number of benzene rings is 2. The van der Waals surface area contributed by atoms with Gasteiger partial charge >= 0.3 is 0 Å². The van der Waals surface area contributed by atoms with Gasteiger partial charge in [0.2, 0.25) is 0 Å². The van der Waals surface area contributed by atoms with Crippen LogP contribution in [0.25, 0.3) is 0 Å². The zero-order chi connectivity index (χ0) is 13.1. The maximum atomic E-state index is 13.5. The van der Waals surface area contributed by atoms with Gasteiger partial charge in [-0.15, -0.1) is 0 Å². The molecule has 94 valence electrons. The Kier molecular flexibility index (Phi) is 4.07. The molecule has 0 spiro atoms. The topological polar surface area (TPSA) is 0 Å². The van der Waals surface area contributed by atoms with Crippen molar-refractivity contribution in [1.29, 1.82) is 0 Å². The number of alkyl halides is 1. The minimum absolute atomic E-state index is 0.274. The zero-order valence-corrected chi connectivity index (χ0v) is 10.9. The van der Waals surface area contributed by atoms with Crippen LogP contribution < -0.4 is 0 Å². The van der Waals surface area contributed by atoms with Crippen LogP contribution >= 0.6 is 15.9 Å². The van der Waals surface area contributed by atoms with E-state index in [4.69, 9.17) is 0 Å². The molecule has 0 saturated heterocycles. The van der Waals surface area contributed by atoms with Crippen LogP contribution in [0.5, 0.6) is 0 Å². The Balaban J connectivity index is 2.19. The summed E-state index contributed by atoms with van der Waals surface area (Å²) in [6.07, 6.45) is 0.387. The van der Waals surface area contributed by atoms with E-state index < -0.39 is 11.6 Å².